The number of esters is 2. The lowest BCUT2D eigenvalue weighted by Gasteiger charge is -2.07. The van der Waals surface area contributed by atoms with Crippen LogP contribution >= 0.6 is 15.9 Å². The number of nitro groups is 1. The second kappa shape index (κ2) is 8.28. The molecule has 0 bridgehead atoms. The van der Waals surface area contributed by atoms with Crippen molar-refractivity contribution in [3.05, 3.63) is 43.9 Å². The Morgan fingerprint density at radius 2 is 1.77 bits per heavy atom. The molecule has 0 fully saturated rings. The van der Waals surface area contributed by atoms with Gasteiger partial charge in [0.15, 0.2) is 0 Å². The molecule has 0 spiro atoms. The second-order valence-corrected chi connectivity index (χ2v) is 4.87. The third-order valence-corrected chi connectivity index (χ3v) is 2.97. The Hall–Kier alpha value is -2.22. The zero-order valence-electron chi connectivity index (χ0n) is 12.0. The Balaban J connectivity index is 3.35. The van der Waals surface area contributed by atoms with Gasteiger partial charge in [0, 0.05) is 10.5 Å². The first-order chi connectivity index (χ1) is 10.4. The zero-order valence-corrected chi connectivity index (χ0v) is 13.6. The van der Waals surface area contributed by atoms with E-state index in [-0.39, 0.29) is 24.5 Å². The van der Waals surface area contributed by atoms with Gasteiger partial charge in [0.1, 0.15) is 5.57 Å². The van der Waals surface area contributed by atoms with Crippen molar-refractivity contribution in [2.75, 3.05) is 13.2 Å². The van der Waals surface area contributed by atoms with Crippen molar-refractivity contribution in [1.82, 2.24) is 0 Å². The summed E-state index contributed by atoms with van der Waals surface area (Å²) < 4.78 is 10.1. The molecule has 0 N–H and O–H groups in total. The third-order valence-electron chi connectivity index (χ3n) is 2.48. The molecule has 0 saturated carbocycles. The van der Waals surface area contributed by atoms with Gasteiger partial charge in [-0.2, -0.15) is 0 Å². The lowest BCUT2D eigenvalue weighted by atomic mass is 10.1. The molecule has 0 aliphatic heterocycles. The molecule has 0 radical (unpaired) electrons. The summed E-state index contributed by atoms with van der Waals surface area (Å²) in [5.74, 6) is -1.78. The van der Waals surface area contributed by atoms with Gasteiger partial charge in [-0.05, 0) is 32.1 Å². The van der Waals surface area contributed by atoms with Crippen LogP contribution in [0.2, 0.25) is 0 Å². The van der Waals surface area contributed by atoms with Crippen molar-refractivity contribution in [2.24, 2.45) is 0 Å². The molecule has 8 heteroatoms. The van der Waals surface area contributed by atoms with E-state index in [0.29, 0.717) is 4.47 Å². The number of hydrogen-bond acceptors (Lipinski definition) is 6. The Bertz CT molecular complexity index is 606. The zero-order chi connectivity index (χ0) is 16.7. The number of nitrogens with zero attached hydrogens (tertiary/aromatic N) is 1. The van der Waals surface area contributed by atoms with Gasteiger partial charge in [-0.25, -0.2) is 9.59 Å². The highest BCUT2D eigenvalue weighted by Gasteiger charge is 2.23. The Morgan fingerprint density at radius 1 is 1.23 bits per heavy atom. The predicted molar refractivity (Wildman–Crippen MR) is 82.0 cm³/mol. The van der Waals surface area contributed by atoms with Crippen LogP contribution in [0.5, 0.6) is 0 Å². The normalized spacial score (nSPS) is 9.77. The molecular formula is C14H14BrNO6. The van der Waals surface area contributed by atoms with Gasteiger partial charge in [0.2, 0.25) is 0 Å². The number of benzene rings is 1. The standard InChI is InChI=1S/C14H14BrNO6/c1-3-21-13(17)11(14(18)22-4-2)7-9-5-6-10(15)8-12(9)16(19)20/h5-8H,3-4H2,1-2H3. The molecule has 7 nitrogen and oxygen atoms in total. The van der Waals surface area contributed by atoms with Gasteiger partial charge in [-0.3, -0.25) is 10.1 Å². The molecule has 118 valence electrons. The van der Waals surface area contributed by atoms with Crippen LogP contribution in [0.4, 0.5) is 5.69 Å². The van der Waals surface area contributed by atoms with Gasteiger partial charge in [0.25, 0.3) is 5.69 Å². The maximum atomic E-state index is 11.8. The van der Waals surface area contributed by atoms with Gasteiger partial charge in [0.05, 0.1) is 23.7 Å². The minimum Gasteiger partial charge on any atom is -0.462 e. The molecule has 1 rings (SSSR count). The third kappa shape index (κ3) is 4.66. The molecule has 1 aromatic carbocycles. The van der Waals surface area contributed by atoms with E-state index in [1.807, 2.05) is 0 Å². The fourth-order valence-electron chi connectivity index (χ4n) is 1.57. The molecule has 0 saturated heterocycles. The highest BCUT2D eigenvalue weighted by Crippen LogP contribution is 2.26. The summed E-state index contributed by atoms with van der Waals surface area (Å²) in [5.41, 5.74) is -0.543. The summed E-state index contributed by atoms with van der Waals surface area (Å²) in [5, 5.41) is 11.1. The quantitative estimate of drug-likeness (QED) is 0.190. The number of hydrogen-bond donors (Lipinski definition) is 0. The van der Waals surface area contributed by atoms with Crippen LogP contribution in [0.25, 0.3) is 6.08 Å². The monoisotopic (exact) mass is 371 g/mol. The van der Waals surface area contributed by atoms with Gasteiger partial charge in [-0.15, -0.1) is 0 Å². The van der Waals surface area contributed by atoms with Crippen LogP contribution < -0.4 is 0 Å². The summed E-state index contributed by atoms with van der Waals surface area (Å²) in [4.78, 5) is 34.1. The van der Waals surface area contributed by atoms with Crippen LogP contribution in [0.3, 0.4) is 0 Å². The second-order valence-electron chi connectivity index (χ2n) is 3.96. The highest BCUT2D eigenvalue weighted by atomic mass is 79.9. The predicted octanol–water partition coefficient (Wildman–Crippen LogP) is 2.87. The maximum absolute atomic E-state index is 11.8. The first kappa shape index (κ1) is 17.8. The van der Waals surface area contributed by atoms with E-state index in [1.54, 1.807) is 19.9 Å². The molecule has 22 heavy (non-hydrogen) atoms. The first-order valence-corrected chi connectivity index (χ1v) is 7.19. The van der Waals surface area contributed by atoms with Crippen molar-refractivity contribution in [2.45, 2.75) is 13.8 Å². The topological polar surface area (TPSA) is 95.7 Å². The van der Waals surface area contributed by atoms with E-state index >= 15 is 0 Å². The Morgan fingerprint density at radius 3 is 2.23 bits per heavy atom. The molecule has 1 aromatic rings. The van der Waals surface area contributed by atoms with E-state index in [9.17, 15) is 19.7 Å². The average Bonchev–Trinajstić information content (AvgIpc) is 2.46. The van der Waals surface area contributed by atoms with E-state index in [1.165, 1.54) is 12.1 Å². The highest BCUT2D eigenvalue weighted by molar-refractivity contribution is 9.10. The fourth-order valence-corrected chi connectivity index (χ4v) is 1.92. The SMILES string of the molecule is CCOC(=O)C(=Cc1ccc(Br)cc1[N+](=O)[O-])C(=O)OCC. The smallest absolute Gasteiger partial charge is 0.345 e. The fraction of sp³-hybridized carbons (Fsp3) is 0.286. The largest absolute Gasteiger partial charge is 0.462 e. The van der Waals surface area contributed by atoms with Gasteiger partial charge < -0.3 is 9.47 Å². The minimum absolute atomic E-state index is 0.0675. The molecule has 0 heterocycles. The van der Waals surface area contributed by atoms with Crippen LogP contribution in [0.1, 0.15) is 19.4 Å². The van der Waals surface area contributed by atoms with E-state index < -0.39 is 22.4 Å². The summed E-state index contributed by atoms with van der Waals surface area (Å²) in [7, 11) is 0. The Labute approximate surface area is 135 Å². The first-order valence-electron chi connectivity index (χ1n) is 6.40. The van der Waals surface area contributed by atoms with Gasteiger partial charge >= 0.3 is 11.9 Å². The molecule has 0 atom stereocenters. The number of nitro benzene ring substituents is 1. The molecular weight excluding hydrogens is 358 g/mol. The summed E-state index contributed by atoms with van der Waals surface area (Å²) in [6, 6.07) is 4.26. The summed E-state index contributed by atoms with van der Waals surface area (Å²) >= 11 is 3.13. The van der Waals surface area contributed by atoms with E-state index in [0.717, 1.165) is 6.08 Å². The van der Waals surface area contributed by atoms with Crippen LogP contribution in [-0.2, 0) is 19.1 Å². The molecule has 0 aliphatic carbocycles. The summed E-state index contributed by atoms with van der Waals surface area (Å²) in [6.07, 6.45) is 1.10. The molecule has 0 unspecified atom stereocenters. The Kier molecular flexibility index (Phi) is 6.71. The van der Waals surface area contributed by atoms with Crippen molar-refractivity contribution < 1.29 is 24.0 Å². The number of carbonyl (C=O) groups excluding carboxylic acids is 2. The van der Waals surface area contributed by atoms with Crippen LogP contribution in [0.15, 0.2) is 28.2 Å². The van der Waals surface area contributed by atoms with E-state index in [4.69, 9.17) is 9.47 Å². The van der Waals surface area contributed by atoms with E-state index in [2.05, 4.69) is 15.9 Å². The lowest BCUT2D eigenvalue weighted by Crippen LogP contribution is -2.18. The van der Waals surface area contributed by atoms with Crippen LogP contribution in [-0.4, -0.2) is 30.1 Å². The van der Waals surface area contributed by atoms with Crippen molar-refractivity contribution in [3.8, 4) is 0 Å². The molecule has 0 aromatic heterocycles. The summed E-state index contributed by atoms with van der Waals surface area (Å²) in [6.45, 7) is 3.31. The number of halogens is 1. The number of ether oxygens (including phenoxy) is 2. The van der Waals surface area contributed by atoms with Crippen molar-refractivity contribution in [3.63, 3.8) is 0 Å². The van der Waals surface area contributed by atoms with Crippen molar-refractivity contribution >= 4 is 39.6 Å². The molecule has 0 aliphatic rings. The maximum Gasteiger partial charge on any atom is 0.345 e. The average molecular weight is 372 g/mol. The van der Waals surface area contributed by atoms with Crippen LogP contribution in [0, 0.1) is 10.1 Å². The lowest BCUT2D eigenvalue weighted by molar-refractivity contribution is -0.385. The number of rotatable bonds is 6. The molecule has 0 amide bonds. The number of carbonyl (C=O) groups is 2. The van der Waals surface area contributed by atoms with Gasteiger partial charge in [-0.1, -0.05) is 15.9 Å². The minimum atomic E-state index is -0.891. The van der Waals surface area contributed by atoms with Crippen molar-refractivity contribution in [1.29, 1.82) is 0 Å².